The molecule has 0 saturated carbocycles. The minimum absolute atomic E-state index is 0.255. The molecule has 6 nitrogen and oxygen atoms in total. The van der Waals surface area contributed by atoms with Crippen LogP contribution < -0.4 is 0 Å². The molecular formula is C8H4ClFN4O2. The normalized spacial score (nSPS) is 10.4. The summed E-state index contributed by atoms with van der Waals surface area (Å²) in [6, 6.07) is 1.14. The van der Waals surface area contributed by atoms with Gasteiger partial charge >= 0.3 is 5.69 Å². The highest BCUT2D eigenvalue weighted by molar-refractivity contribution is 6.31. The van der Waals surface area contributed by atoms with Crippen LogP contribution in [0.5, 0.6) is 0 Å². The first-order valence-corrected chi connectivity index (χ1v) is 4.46. The minimum atomic E-state index is -0.668. The van der Waals surface area contributed by atoms with Crippen LogP contribution in [0.15, 0.2) is 24.7 Å². The van der Waals surface area contributed by atoms with Crippen molar-refractivity contribution < 1.29 is 9.31 Å². The second-order valence-electron chi connectivity index (χ2n) is 2.87. The van der Waals surface area contributed by atoms with E-state index < -0.39 is 10.7 Å². The van der Waals surface area contributed by atoms with Gasteiger partial charge in [-0.15, -0.1) is 5.10 Å². The Bertz CT molecular complexity index is 557. The predicted octanol–water partition coefficient (Wildman–Crippen LogP) is 1.97. The van der Waals surface area contributed by atoms with Crippen LogP contribution in [0.25, 0.3) is 5.69 Å². The van der Waals surface area contributed by atoms with Crippen LogP contribution in [0.2, 0.25) is 5.15 Å². The zero-order valence-electron chi connectivity index (χ0n) is 7.67. The molecule has 0 aliphatic heterocycles. The minimum Gasteiger partial charge on any atom is -0.259 e. The molecular weight excluding hydrogens is 239 g/mol. The van der Waals surface area contributed by atoms with Crippen molar-refractivity contribution in [1.82, 2.24) is 14.8 Å². The number of aromatic nitrogens is 3. The Morgan fingerprint density at radius 1 is 1.50 bits per heavy atom. The van der Waals surface area contributed by atoms with Gasteiger partial charge in [-0.25, -0.2) is 9.07 Å². The number of hydrogen-bond donors (Lipinski definition) is 0. The Hall–Kier alpha value is -2.02. The number of nitro groups is 1. The topological polar surface area (TPSA) is 73.8 Å². The van der Waals surface area contributed by atoms with Gasteiger partial charge in [0.15, 0.2) is 0 Å². The molecule has 0 spiro atoms. The number of nitrogens with zero attached hydrogens (tertiary/aromatic N) is 4. The maximum absolute atomic E-state index is 12.8. The maximum atomic E-state index is 12.8. The third-order valence-corrected chi connectivity index (χ3v) is 2.07. The summed E-state index contributed by atoms with van der Waals surface area (Å²) in [4.78, 5) is 13.4. The molecule has 82 valence electrons. The van der Waals surface area contributed by atoms with Gasteiger partial charge in [0, 0.05) is 6.07 Å². The fourth-order valence-corrected chi connectivity index (χ4v) is 1.32. The highest BCUT2D eigenvalue weighted by Crippen LogP contribution is 2.23. The van der Waals surface area contributed by atoms with E-state index in [1.165, 1.54) is 6.20 Å². The summed E-state index contributed by atoms with van der Waals surface area (Å²) in [5.74, 6) is -0.563. The van der Waals surface area contributed by atoms with E-state index in [1.54, 1.807) is 0 Å². The fraction of sp³-hybridized carbons (Fsp3) is 0. The second-order valence-corrected chi connectivity index (χ2v) is 3.23. The SMILES string of the molecule is O=[N+]([O-])c1cn(-c2cncc(F)c2)nc1Cl. The van der Waals surface area contributed by atoms with Crippen LogP contribution in [-0.4, -0.2) is 19.7 Å². The smallest absolute Gasteiger partial charge is 0.259 e. The van der Waals surface area contributed by atoms with Gasteiger partial charge in [-0.1, -0.05) is 11.6 Å². The molecule has 2 aromatic heterocycles. The first-order valence-electron chi connectivity index (χ1n) is 4.08. The van der Waals surface area contributed by atoms with Crippen molar-refractivity contribution in [2.24, 2.45) is 0 Å². The van der Waals surface area contributed by atoms with Gasteiger partial charge in [-0.05, 0) is 0 Å². The van der Waals surface area contributed by atoms with Gasteiger partial charge in [-0.3, -0.25) is 15.1 Å². The van der Waals surface area contributed by atoms with Crippen LogP contribution in [-0.2, 0) is 0 Å². The summed E-state index contributed by atoms with van der Waals surface area (Å²) in [5, 5.41) is 13.9. The Labute approximate surface area is 93.4 Å². The number of hydrogen-bond acceptors (Lipinski definition) is 4. The highest BCUT2D eigenvalue weighted by Gasteiger charge is 2.18. The van der Waals surface area contributed by atoms with E-state index in [2.05, 4.69) is 10.1 Å². The molecule has 0 N–H and O–H groups in total. The standard InChI is InChI=1S/C8H4ClFN4O2/c9-8-7(14(15)16)4-13(12-8)6-1-5(10)2-11-3-6/h1-4H. The molecule has 0 aliphatic carbocycles. The fourth-order valence-electron chi connectivity index (χ4n) is 1.12. The first kappa shape index (κ1) is 10.5. The monoisotopic (exact) mass is 242 g/mol. The Morgan fingerprint density at radius 3 is 2.81 bits per heavy atom. The van der Waals surface area contributed by atoms with E-state index in [-0.39, 0.29) is 16.5 Å². The molecule has 0 aliphatic rings. The molecule has 0 aromatic carbocycles. The van der Waals surface area contributed by atoms with Crippen LogP contribution >= 0.6 is 11.6 Å². The van der Waals surface area contributed by atoms with E-state index >= 15 is 0 Å². The van der Waals surface area contributed by atoms with Crippen LogP contribution in [0.4, 0.5) is 10.1 Å². The highest BCUT2D eigenvalue weighted by atomic mass is 35.5. The van der Waals surface area contributed by atoms with Gasteiger partial charge in [0.25, 0.3) is 0 Å². The molecule has 0 fully saturated rings. The summed E-state index contributed by atoms with van der Waals surface area (Å²) >= 11 is 5.54. The zero-order valence-corrected chi connectivity index (χ0v) is 8.43. The van der Waals surface area contributed by atoms with Gasteiger partial charge in [0.1, 0.15) is 12.0 Å². The molecule has 2 heterocycles. The van der Waals surface area contributed by atoms with E-state index in [1.807, 2.05) is 0 Å². The van der Waals surface area contributed by atoms with Crippen molar-refractivity contribution in [3.8, 4) is 5.69 Å². The number of rotatable bonds is 2. The molecule has 16 heavy (non-hydrogen) atoms. The zero-order chi connectivity index (χ0) is 11.7. The van der Waals surface area contributed by atoms with Gasteiger partial charge < -0.3 is 0 Å². The summed E-state index contributed by atoms with van der Waals surface area (Å²) in [7, 11) is 0. The molecule has 0 atom stereocenters. The average molecular weight is 243 g/mol. The molecule has 2 aromatic rings. The summed E-state index contributed by atoms with van der Waals surface area (Å²) in [6.45, 7) is 0. The Balaban J connectivity index is 2.49. The quantitative estimate of drug-likeness (QED) is 0.596. The lowest BCUT2D eigenvalue weighted by Crippen LogP contribution is -1.96. The van der Waals surface area contributed by atoms with Gasteiger partial charge in [0.05, 0.1) is 23.0 Å². The third-order valence-electron chi connectivity index (χ3n) is 1.80. The molecule has 0 bridgehead atoms. The molecule has 0 unspecified atom stereocenters. The lowest BCUT2D eigenvalue weighted by Gasteiger charge is -1.98. The van der Waals surface area contributed by atoms with Crippen molar-refractivity contribution in [2.75, 3.05) is 0 Å². The lowest BCUT2D eigenvalue weighted by atomic mass is 10.4. The second kappa shape index (κ2) is 3.86. The van der Waals surface area contributed by atoms with E-state index in [4.69, 9.17) is 11.6 Å². The molecule has 8 heteroatoms. The Kier molecular flexibility index (Phi) is 2.53. The van der Waals surface area contributed by atoms with Crippen molar-refractivity contribution in [1.29, 1.82) is 0 Å². The van der Waals surface area contributed by atoms with Crippen LogP contribution in [0.1, 0.15) is 0 Å². The largest absolute Gasteiger partial charge is 0.326 e. The van der Waals surface area contributed by atoms with Gasteiger partial charge in [0.2, 0.25) is 5.15 Å². The number of halogens is 2. The molecule has 2 rings (SSSR count). The summed E-state index contributed by atoms with van der Waals surface area (Å²) < 4.78 is 13.9. The van der Waals surface area contributed by atoms with Crippen molar-refractivity contribution in [2.45, 2.75) is 0 Å². The summed E-state index contributed by atoms with van der Waals surface area (Å²) in [6.07, 6.45) is 3.43. The molecule has 0 radical (unpaired) electrons. The van der Waals surface area contributed by atoms with Gasteiger partial charge in [-0.2, -0.15) is 0 Å². The van der Waals surface area contributed by atoms with Crippen molar-refractivity contribution in [3.63, 3.8) is 0 Å². The Morgan fingerprint density at radius 2 is 2.25 bits per heavy atom. The maximum Gasteiger partial charge on any atom is 0.326 e. The molecule has 0 saturated heterocycles. The lowest BCUT2D eigenvalue weighted by molar-refractivity contribution is -0.384. The average Bonchev–Trinajstić information content (AvgIpc) is 2.60. The van der Waals surface area contributed by atoms with E-state index in [0.29, 0.717) is 0 Å². The van der Waals surface area contributed by atoms with E-state index in [0.717, 1.165) is 23.1 Å². The van der Waals surface area contributed by atoms with Crippen LogP contribution in [0, 0.1) is 15.9 Å². The molecule has 0 amide bonds. The first-order chi connectivity index (χ1) is 7.58. The van der Waals surface area contributed by atoms with E-state index in [9.17, 15) is 14.5 Å². The predicted molar refractivity (Wildman–Crippen MR) is 53.0 cm³/mol. The van der Waals surface area contributed by atoms with Crippen molar-refractivity contribution >= 4 is 17.3 Å². The van der Waals surface area contributed by atoms with Crippen LogP contribution in [0.3, 0.4) is 0 Å². The van der Waals surface area contributed by atoms with Crippen molar-refractivity contribution in [3.05, 3.63) is 45.7 Å². The number of pyridine rings is 1. The summed E-state index contributed by atoms with van der Waals surface area (Å²) in [5.41, 5.74) is -0.0825. The third kappa shape index (κ3) is 1.84.